The number of rotatable bonds is 20. The Morgan fingerprint density at radius 3 is 1.15 bits per heavy atom. The Hall–Kier alpha value is -2.21. The van der Waals surface area contributed by atoms with E-state index in [2.05, 4.69) is 144 Å². The molecule has 2 aromatic carbocycles. The van der Waals surface area contributed by atoms with Crippen molar-refractivity contribution in [2.24, 2.45) is 0 Å². The molecule has 0 aromatic heterocycles. The minimum atomic E-state index is -2.26. The van der Waals surface area contributed by atoms with Crippen molar-refractivity contribution in [3.8, 4) is 0 Å². The van der Waals surface area contributed by atoms with Crippen molar-refractivity contribution in [1.82, 2.24) is 0 Å². The maximum Gasteiger partial charge on any atom is 0.258 e. The quantitative estimate of drug-likeness (QED) is 0.0988. The second kappa shape index (κ2) is 19.6. The number of ether oxygens (including phenoxy) is 4. The predicted octanol–water partition coefficient (Wildman–Crippen LogP) is 12.6. The van der Waals surface area contributed by atoms with Crippen LogP contribution >= 0.6 is 0 Å². The van der Waals surface area contributed by atoms with Crippen LogP contribution in [0.5, 0.6) is 0 Å². The summed E-state index contributed by atoms with van der Waals surface area (Å²) < 4.78 is 41.5. The summed E-state index contributed by atoms with van der Waals surface area (Å²) in [6, 6.07) is 20.7. The lowest BCUT2D eigenvalue weighted by molar-refractivity contribution is -0.241. The van der Waals surface area contributed by atoms with Gasteiger partial charge in [0.05, 0.1) is 36.9 Å². The molecule has 0 saturated heterocycles. The standard InChI is InChI=1S/C45H72O6Si2/c1-33(2)52(34(3)4,35(5)6)50-43-27-41(23-25-46-31-39-19-15-13-16-20-39)48-45(29-43)30-44(51-53(36(7)8,37(9)10)38(11)12)28-42(49-45)24-26-47-32-40-21-17-14-18-22-40/h13-22,29-30,33-38,41-42H,23-28,31-32H2,1-12H3/t41-,42-,45?/m0/s1. The first-order valence-corrected chi connectivity index (χ1v) is 24.8. The van der Waals surface area contributed by atoms with Gasteiger partial charge in [-0.15, -0.1) is 0 Å². The molecule has 1 spiro atoms. The van der Waals surface area contributed by atoms with E-state index in [0.717, 1.165) is 24.4 Å². The molecule has 2 aliphatic rings. The molecule has 0 unspecified atom stereocenters. The molecule has 6 nitrogen and oxygen atoms in total. The van der Waals surface area contributed by atoms with E-state index in [1.54, 1.807) is 0 Å². The van der Waals surface area contributed by atoms with Crippen LogP contribution < -0.4 is 0 Å². The van der Waals surface area contributed by atoms with Crippen molar-refractivity contribution < 1.29 is 27.8 Å². The third-order valence-electron chi connectivity index (χ3n) is 11.7. The van der Waals surface area contributed by atoms with Gasteiger partial charge in [0.1, 0.15) is 0 Å². The first-order valence-electron chi connectivity index (χ1n) is 20.5. The Morgan fingerprint density at radius 2 is 0.849 bits per heavy atom. The van der Waals surface area contributed by atoms with Gasteiger partial charge in [0.2, 0.25) is 5.79 Å². The molecule has 0 aliphatic carbocycles. The lowest BCUT2D eigenvalue weighted by atomic mass is 10.00. The average molecular weight is 765 g/mol. The van der Waals surface area contributed by atoms with E-state index >= 15 is 0 Å². The smallest absolute Gasteiger partial charge is 0.258 e. The summed E-state index contributed by atoms with van der Waals surface area (Å²) in [6.45, 7) is 30.5. The van der Waals surface area contributed by atoms with Gasteiger partial charge in [0.25, 0.3) is 16.6 Å². The number of benzene rings is 2. The van der Waals surface area contributed by atoms with Crippen molar-refractivity contribution in [2.75, 3.05) is 13.2 Å². The largest absolute Gasteiger partial charge is 0.546 e. The van der Waals surface area contributed by atoms with Crippen LogP contribution in [0, 0.1) is 0 Å². The molecule has 8 heteroatoms. The average Bonchev–Trinajstić information content (AvgIpc) is 3.09. The van der Waals surface area contributed by atoms with Crippen molar-refractivity contribution in [2.45, 2.75) is 173 Å². The SMILES string of the molecule is CC(C)[Si](OC1=CC2(C=C(O[Si](C(C)C)(C(C)C)C(C)C)C[C@H](CCOCc3ccccc3)O2)O[C@@H](CCOCc2ccccc2)C1)(C(C)C)C(C)C. The molecular formula is C45H72O6Si2. The van der Waals surface area contributed by atoms with Gasteiger partial charge in [0, 0.05) is 38.2 Å². The van der Waals surface area contributed by atoms with Crippen LogP contribution in [0.4, 0.5) is 0 Å². The molecule has 0 N–H and O–H groups in total. The van der Waals surface area contributed by atoms with E-state index in [1.807, 2.05) is 12.1 Å². The highest BCUT2D eigenvalue weighted by Gasteiger charge is 2.51. The summed E-state index contributed by atoms with van der Waals surface area (Å²) in [7, 11) is -4.52. The van der Waals surface area contributed by atoms with Crippen LogP contribution in [0.1, 0.15) is 120 Å². The van der Waals surface area contributed by atoms with Gasteiger partial charge in [-0.2, -0.15) is 0 Å². The number of hydrogen-bond acceptors (Lipinski definition) is 6. The Morgan fingerprint density at radius 1 is 0.528 bits per heavy atom. The van der Waals surface area contributed by atoms with E-state index in [1.165, 1.54) is 11.1 Å². The van der Waals surface area contributed by atoms with Crippen molar-refractivity contribution >= 4 is 16.6 Å². The van der Waals surface area contributed by atoms with E-state index in [-0.39, 0.29) is 12.2 Å². The maximum absolute atomic E-state index is 7.44. The van der Waals surface area contributed by atoms with Gasteiger partial charge in [0.15, 0.2) is 0 Å². The van der Waals surface area contributed by atoms with E-state index in [4.69, 9.17) is 27.8 Å². The van der Waals surface area contributed by atoms with Gasteiger partial charge in [-0.3, -0.25) is 0 Å². The third-order valence-corrected chi connectivity index (χ3v) is 23.8. The zero-order valence-corrected chi connectivity index (χ0v) is 37.2. The normalized spacial score (nSPS) is 19.5. The van der Waals surface area contributed by atoms with Gasteiger partial charge < -0.3 is 27.8 Å². The molecule has 0 radical (unpaired) electrons. The molecule has 2 heterocycles. The fraction of sp³-hybridized carbons (Fsp3) is 0.644. The molecule has 0 fully saturated rings. The van der Waals surface area contributed by atoms with Crippen molar-refractivity contribution in [3.05, 3.63) is 95.5 Å². The van der Waals surface area contributed by atoms with Crippen LogP contribution in [0.25, 0.3) is 0 Å². The van der Waals surface area contributed by atoms with Gasteiger partial charge in [-0.25, -0.2) is 0 Å². The second-order valence-electron chi connectivity index (χ2n) is 17.3. The predicted molar refractivity (Wildman–Crippen MR) is 224 cm³/mol. The third kappa shape index (κ3) is 11.0. The van der Waals surface area contributed by atoms with Crippen LogP contribution in [0.2, 0.25) is 33.2 Å². The highest BCUT2D eigenvalue weighted by atomic mass is 28.4. The minimum Gasteiger partial charge on any atom is -0.546 e. The second-order valence-corrected chi connectivity index (χ2v) is 28.1. The molecule has 4 rings (SSSR count). The van der Waals surface area contributed by atoms with E-state index < -0.39 is 22.4 Å². The number of hydrogen-bond donors (Lipinski definition) is 0. The Bertz CT molecular complexity index is 1280. The molecule has 0 saturated carbocycles. The van der Waals surface area contributed by atoms with Crippen LogP contribution in [0.15, 0.2) is 84.3 Å². The fourth-order valence-electron chi connectivity index (χ4n) is 9.41. The summed E-state index contributed by atoms with van der Waals surface area (Å²) in [5, 5.41) is 0. The van der Waals surface area contributed by atoms with Crippen LogP contribution in [-0.4, -0.2) is 47.8 Å². The Balaban J connectivity index is 1.70. The summed E-state index contributed by atoms with van der Waals surface area (Å²) in [6.07, 6.45) is 6.88. The molecule has 2 aromatic rings. The summed E-state index contributed by atoms with van der Waals surface area (Å²) in [5.74, 6) is 0.874. The van der Waals surface area contributed by atoms with Crippen LogP contribution in [-0.2, 0) is 41.0 Å². The first kappa shape index (κ1) is 43.5. The fourth-order valence-corrected chi connectivity index (χ4v) is 20.0. The maximum atomic E-state index is 7.44. The van der Waals surface area contributed by atoms with Gasteiger partial charge in [-0.1, -0.05) is 144 Å². The molecule has 2 atom stereocenters. The van der Waals surface area contributed by atoms with Crippen molar-refractivity contribution in [1.29, 1.82) is 0 Å². The summed E-state index contributed by atoms with van der Waals surface area (Å²) in [5.41, 5.74) is 5.01. The summed E-state index contributed by atoms with van der Waals surface area (Å²) >= 11 is 0. The van der Waals surface area contributed by atoms with E-state index in [0.29, 0.717) is 72.5 Å². The minimum absolute atomic E-state index is 0.142. The zero-order chi connectivity index (χ0) is 38.8. The van der Waals surface area contributed by atoms with Gasteiger partial charge in [-0.05, 0) is 57.2 Å². The highest BCUT2D eigenvalue weighted by molar-refractivity contribution is 6.78. The first-order chi connectivity index (χ1) is 25.1. The van der Waals surface area contributed by atoms with Crippen molar-refractivity contribution in [3.63, 3.8) is 0 Å². The zero-order valence-electron chi connectivity index (χ0n) is 35.2. The Labute approximate surface area is 325 Å². The topological polar surface area (TPSA) is 55.4 Å². The Kier molecular flexibility index (Phi) is 16.1. The molecular weight excluding hydrogens is 693 g/mol. The summed E-state index contributed by atoms with van der Waals surface area (Å²) in [4.78, 5) is 0. The van der Waals surface area contributed by atoms with Crippen LogP contribution in [0.3, 0.4) is 0 Å². The lowest BCUT2D eigenvalue weighted by Gasteiger charge is -2.48. The molecule has 296 valence electrons. The molecule has 0 bridgehead atoms. The molecule has 53 heavy (non-hydrogen) atoms. The monoisotopic (exact) mass is 764 g/mol. The molecule has 0 amide bonds. The van der Waals surface area contributed by atoms with Gasteiger partial charge >= 0.3 is 0 Å². The lowest BCUT2D eigenvalue weighted by Crippen LogP contribution is -2.52. The van der Waals surface area contributed by atoms with E-state index in [9.17, 15) is 0 Å². The molecule has 2 aliphatic heterocycles. The highest BCUT2D eigenvalue weighted by Crippen LogP contribution is 2.49.